The van der Waals surface area contributed by atoms with Crippen LogP contribution >= 0.6 is 8.25 Å². The van der Waals surface area contributed by atoms with Crippen molar-refractivity contribution in [3.8, 4) is 0 Å². The molecule has 0 aliphatic rings. The maximum absolute atomic E-state index is 10.4. The zero-order chi connectivity index (χ0) is 14.1. The Morgan fingerprint density at radius 3 is 2.11 bits per heavy atom. The van der Waals surface area contributed by atoms with Gasteiger partial charge in [-0.1, -0.05) is 48.0 Å². The van der Waals surface area contributed by atoms with E-state index in [0.29, 0.717) is 13.2 Å². The molecule has 0 saturated carbocycles. The Labute approximate surface area is 115 Å². The number of hydrogen-bond acceptors (Lipinski definition) is 3. The Morgan fingerprint density at radius 1 is 0.947 bits per heavy atom. The molecule has 2 aromatic rings. The molecule has 2 aromatic carbocycles. The first kappa shape index (κ1) is 15.9. The Morgan fingerprint density at radius 2 is 1.53 bits per heavy atom. The second-order valence-electron chi connectivity index (χ2n) is 3.97. The first-order valence-electron chi connectivity index (χ1n) is 6.42. The van der Waals surface area contributed by atoms with Gasteiger partial charge in [0.05, 0.1) is 13.2 Å². The van der Waals surface area contributed by atoms with Crippen LogP contribution in [0.3, 0.4) is 0 Å². The fourth-order valence-corrected chi connectivity index (χ4v) is 2.14. The minimum Gasteiger partial charge on any atom is -0.311 e. The Hall–Kier alpha value is -1.15. The third-order valence-electron chi connectivity index (χ3n) is 2.43. The number of benzene rings is 2. The van der Waals surface area contributed by atoms with E-state index in [1.807, 2.05) is 0 Å². The van der Waals surface area contributed by atoms with Crippen molar-refractivity contribution in [2.75, 3.05) is 13.2 Å². The molecule has 19 heavy (non-hydrogen) atoms. The zero-order valence-corrected chi connectivity index (χ0v) is 12.7. The van der Waals surface area contributed by atoms with Crippen LogP contribution in [0.2, 0.25) is 0 Å². The van der Waals surface area contributed by atoms with Crippen LogP contribution in [0.15, 0.2) is 42.5 Å². The van der Waals surface area contributed by atoms with E-state index in [1.165, 1.54) is 16.3 Å². The molecule has 2 rings (SSSR count). The second kappa shape index (κ2) is 8.87. The van der Waals surface area contributed by atoms with Gasteiger partial charge < -0.3 is 9.05 Å². The number of fused-ring (bicyclic) bond motifs is 1. The van der Waals surface area contributed by atoms with Gasteiger partial charge in [0.25, 0.3) is 0 Å². The molecule has 0 unspecified atom stereocenters. The van der Waals surface area contributed by atoms with Gasteiger partial charge >= 0.3 is 8.25 Å². The third kappa shape index (κ3) is 6.02. The summed E-state index contributed by atoms with van der Waals surface area (Å²) in [5.41, 5.74) is 1.32. The smallest absolute Gasteiger partial charge is 0.311 e. The Kier molecular flexibility index (Phi) is 7.42. The zero-order valence-electron chi connectivity index (χ0n) is 11.7. The molecular formula is C15H21O3P. The van der Waals surface area contributed by atoms with E-state index in [1.54, 1.807) is 13.8 Å². The lowest BCUT2D eigenvalue weighted by Crippen LogP contribution is -1.81. The highest BCUT2D eigenvalue weighted by molar-refractivity contribution is 7.33. The molecule has 0 aromatic heterocycles. The second-order valence-corrected chi connectivity index (χ2v) is 5.04. The largest absolute Gasteiger partial charge is 0.319 e. The van der Waals surface area contributed by atoms with E-state index in [4.69, 9.17) is 0 Å². The standard InChI is InChI=1S/C11H10.C4H11O3P/c1-9-6-7-10-4-2-3-5-11(10)8-9;1-3-6-8(5)7-4-2/h2-8H,1H3;8H,3-4H2,1-2H3. The minimum absolute atomic E-state index is 0.456. The third-order valence-corrected chi connectivity index (χ3v) is 3.48. The molecule has 0 heterocycles. The van der Waals surface area contributed by atoms with Gasteiger partial charge in [-0.25, -0.2) is 0 Å². The van der Waals surface area contributed by atoms with Crippen LogP contribution in [0.25, 0.3) is 10.8 Å². The van der Waals surface area contributed by atoms with Crippen molar-refractivity contribution in [2.45, 2.75) is 20.8 Å². The van der Waals surface area contributed by atoms with E-state index in [-0.39, 0.29) is 0 Å². The minimum atomic E-state index is -2.14. The fraction of sp³-hybridized carbons (Fsp3) is 0.333. The summed E-state index contributed by atoms with van der Waals surface area (Å²) in [4.78, 5) is 0. The molecule has 0 radical (unpaired) electrons. The van der Waals surface area contributed by atoms with Crippen LogP contribution in [0, 0.1) is 6.92 Å². The van der Waals surface area contributed by atoms with Gasteiger partial charge in [-0.05, 0) is 31.5 Å². The number of hydrogen-bond donors (Lipinski definition) is 0. The molecule has 4 heteroatoms. The normalized spacial score (nSPS) is 10.3. The van der Waals surface area contributed by atoms with Crippen LogP contribution < -0.4 is 0 Å². The van der Waals surface area contributed by atoms with E-state index < -0.39 is 8.25 Å². The van der Waals surface area contributed by atoms with Gasteiger partial charge in [-0.3, -0.25) is 4.57 Å². The van der Waals surface area contributed by atoms with Crippen LogP contribution in [0.4, 0.5) is 0 Å². The fourth-order valence-electron chi connectivity index (χ4n) is 1.59. The lowest BCUT2D eigenvalue weighted by atomic mass is 10.1. The summed E-state index contributed by atoms with van der Waals surface area (Å²) in [5, 5.41) is 2.64. The van der Waals surface area contributed by atoms with Crippen molar-refractivity contribution >= 4 is 19.0 Å². The molecule has 0 spiro atoms. The van der Waals surface area contributed by atoms with Gasteiger partial charge in [-0.2, -0.15) is 0 Å². The maximum atomic E-state index is 10.4. The Bertz CT molecular complexity index is 518. The van der Waals surface area contributed by atoms with Crippen LogP contribution in [0.1, 0.15) is 19.4 Å². The van der Waals surface area contributed by atoms with Crippen molar-refractivity contribution < 1.29 is 13.6 Å². The van der Waals surface area contributed by atoms with Gasteiger partial charge in [0, 0.05) is 0 Å². The molecule has 3 nitrogen and oxygen atoms in total. The van der Waals surface area contributed by atoms with Crippen molar-refractivity contribution in [2.24, 2.45) is 0 Å². The molecule has 0 aliphatic carbocycles. The van der Waals surface area contributed by atoms with Crippen LogP contribution in [0.5, 0.6) is 0 Å². The summed E-state index contributed by atoms with van der Waals surface area (Å²) in [5.74, 6) is 0. The maximum Gasteiger partial charge on any atom is 0.319 e. The molecule has 0 fully saturated rings. The van der Waals surface area contributed by atoms with E-state index in [2.05, 4.69) is 58.4 Å². The average molecular weight is 280 g/mol. The van der Waals surface area contributed by atoms with Crippen molar-refractivity contribution in [1.29, 1.82) is 0 Å². The summed E-state index contributed by atoms with van der Waals surface area (Å²) < 4.78 is 19.6. The quantitative estimate of drug-likeness (QED) is 0.768. The first-order chi connectivity index (χ1) is 9.17. The molecule has 0 saturated heterocycles. The molecule has 104 valence electrons. The highest BCUT2D eigenvalue weighted by Gasteiger charge is 1.91. The lowest BCUT2D eigenvalue weighted by Gasteiger charge is -1.97. The van der Waals surface area contributed by atoms with Crippen molar-refractivity contribution in [1.82, 2.24) is 0 Å². The van der Waals surface area contributed by atoms with Gasteiger partial charge in [0.2, 0.25) is 0 Å². The highest BCUT2D eigenvalue weighted by atomic mass is 31.1. The SMILES string of the molecule is CCO[PH](=O)OCC.Cc1ccc2ccccc2c1. The summed E-state index contributed by atoms with van der Waals surface area (Å²) in [7, 11) is -2.14. The van der Waals surface area contributed by atoms with E-state index in [9.17, 15) is 4.57 Å². The predicted octanol–water partition coefficient (Wildman–Crippen LogP) is 4.60. The lowest BCUT2D eigenvalue weighted by molar-refractivity contribution is 0.243. The van der Waals surface area contributed by atoms with Gasteiger partial charge in [0.1, 0.15) is 0 Å². The van der Waals surface area contributed by atoms with E-state index >= 15 is 0 Å². The summed E-state index contributed by atoms with van der Waals surface area (Å²) >= 11 is 0. The summed E-state index contributed by atoms with van der Waals surface area (Å²) in [6, 6.07) is 14.9. The van der Waals surface area contributed by atoms with Crippen LogP contribution in [-0.4, -0.2) is 13.2 Å². The number of aryl methyl sites for hydroxylation is 1. The topological polar surface area (TPSA) is 35.5 Å². The number of rotatable bonds is 4. The monoisotopic (exact) mass is 280 g/mol. The molecule has 0 N–H and O–H groups in total. The summed E-state index contributed by atoms with van der Waals surface area (Å²) in [6.07, 6.45) is 0. The van der Waals surface area contributed by atoms with E-state index in [0.717, 1.165) is 0 Å². The first-order valence-corrected chi connectivity index (χ1v) is 7.64. The predicted molar refractivity (Wildman–Crippen MR) is 80.9 cm³/mol. The Balaban J connectivity index is 0.000000203. The van der Waals surface area contributed by atoms with Gasteiger partial charge in [0.15, 0.2) is 0 Å². The molecule has 0 aliphatic heterocycles. The highest BCUT2D eigenvalue weighted by Crippen LogP contribution is 2.21. The average Bonchev–Trinajstić information content (AvgIpc) is 2.40. The van der Waals surface area contributed by atoms with Crippen molar-refractivity contribution in [3.05, 3.63) is 48.0 Å². The molecule has 0 bridgehead atoms. The summed E-state index contributed by atoms with van der Waals surface area (Å²) in [6.45, 7) is 6.59. The van der Waals surface area contributed by atoms with Crippen LogP contribution in [-0.2, 0) is 13.6 Å². The molecule has 0 atom stereocenters. The van der Waals surface area contributed by atoms with Crippen molar-refractivity contribution in [3.63, 3.8) is 0 Å². The molecule has 0 amide bonds. The molecular weight excluding hydrogens is 259 g/mol. The van der Waals surface area contributed by atoms with Gasteiger partial charge in [-0.15, -0.1) is 0 Å².